The van der Waals surface area contributed by atoms with Crippen LogP contribution < -0.4 is 10.1 Å². The molecule has 122 valence electrons. The highest BCUT2D eigenvalue weighted by Crippen LogP contribution is 2.13. The van der Waals surface area contributed by atoms with E-state index >= 15 is 0 Å². The monoisotopic (exact) mass is 321 g/mol. The largest absolute Gasteiger partial charge is 0.497 e. The first-order chi connectivity index (χ1) is 11.8. The quantitative estimate of drug-likeness (QED) is 0.715. The van der Waals surface area contributed by atoms with Crippen molar-refractivity contribution in [1.82, 2.24) is 10.1 Å². The summed E-state index contributed by atoms with van der Waals surface area (Å²) in [7, 11) is 1.65. The van der Waals surface area contributed by atoms with E-state index in [1.54, 1.807) is 7.11 Å². The van der Waals surface area contributed by atoms with Crippen LogP contribution in [0.3, 0.4) is 0 Å². The molecule has 0 unspecified atom stereocenters. The van der Waals surface area contributed by atoms with Crippen molar-refractivity contribution in [2.75, 3.05) is 19.0 Å². The third-order valence-corrected chi connectivity index (χ3v) is 3.47. The van der Waals surface area contributed by atoms with Gasteiger partial charge >= 0.3 is 0 Å². The summed E-state index contributed by atoms with van der Waals surface area (Å²) in [6, 6.07) is 17.8. The van der Waals surface area contributed by atoms with Crippen molar-refractivity contribution < 1.29 is 9.26 Å². The molecule has 0 aliphatic carbocycles. The van der Waals surface area contributed by atoms with E-state index in [2.05, 4.69) is 15.5 Å². The van der Waals surface area contributed by atoms with Gasteiger partial charge in [0, 0.05) is 24.7 Å². The number of ether oxygens (including phenoxy) is 1. The van der Waals surface area contributed by atoms with E-state index in [1.807, 2.05) is 66.7 Å². The lowest BCUT2D eigenvalue weighted by Crippen LogP contribution is -2.05. The fourth-order valence-corrected chi connectivity index (χ4v) is 2.19. The second-order valence-electron chi connectivity index (χ2n) is 5.20. The minimum absolute atomic E-state index is 0.500. The second-order valence-corrected chi connectivity index (χ2v) is 5.20. The maximum absolute atomic E-state index is 5.23. The van der Waals surface area contributed by atoms with E-state index in [0.717, 1.165) is 23.5 Å². The molecule has 0 fully saturated rings. The average molecular weight is 321 g/mol. The standard InChI is InChI=1S/C19H19N3O2/c1-23-17-10-7-15(8-11-17)9-12-19-21-18(22-24-19)13-14-20-16-5-3-2-4-6-16/h2-12,20H,13-14H2,1H3. The lowest BCUT2D eigenvalue weighted by molar-refractivity contribution is 0.403. The lowest BCUT2D eigenvalue weighted by Gasteiger charge is -2.02. The van der Waals surface area contributed by atoms with Crippen LogP contribution in [0.5, 0.6) is 5.75 Å². The molecule has 2 aromatic carbocycles. The van der Waals surface area contributed by atoms with Crippen LogP contribution in [0.4, 0.5) is 5.69 Å². The third-order valence-electron chi connectivity index (χ3n) is 3.47. The maximum Gasteiger partial charge on any atom is 0.250 e. The van der Waals surface area contributed by atoms with E-state index in [4.69, 9.17) is 9.26 Å². The molecule has 3 rings (SSSR count). The van der Waals surface area contributed by atoms with Crippen molar-refractivity contribution in [2.24, 2.45) is 0 Å². The molecule has 5 heteroatoms. The Bertz CT molecular complexity index is 780. The molecule has 0 spiro atoms. The molecular formula is C19H19N3O2. The van der Waals surface area contributed by atoms with Gasteiger partial charge in [-0.1, -0.05) is 35.5 Å². The summed E-state index contributed by atoms with van der Waals surface area (Å²) in [5, 5.41) is 7.31. The Morgan fingerprint density at radius 1 is 1.04 bits per heavy atom. The van der Waals surface area contributed by atoms with Gasteiger partial charge in [0.25, 0.3) is 5.89 Å². The topological polar surface area (TPSA) is 60.2 Å². The molecule has 3 aromatic rings. The predicted molar refractivity (Wildman–Crippen MR) is 94.9 cm³/mol. The Morgan fingerprint density at radius 3 is 2.58 bits per heavy atom. The Hall–Kier alpha value is -3.08. The van der Waals surface area contributed by atoms with Gasteiger partial charge in [-0.05, 0) is 35.9 Å². The summed E-state index contributed by atoms with van der Waals surface area (Å²) < 4.78 is 10.4. The first-order valence-corrected chi connectivity index (χ1v) is 7.77. The number of para-hydroxylation sites is 1. The number of aromatic nitrogens is 2. The molecule has 1 aromatic heterocycles. The van der Waals surface area contributed by atoms with Crippen LogP contribution in [-0.2, 0) is 6.42 Å². The van der Waals surface area contributed by atoms with E-state index in [0.29, 0.717) is 18.1 Å². The van der Waals surface area contributed by atoms with Crippen LogP contribution in [0.15, 0.2) is 59.1 Å². The smallest absolute Gasteiger partial charge is 0.250 e. The fourth-order valence-electron chi connectivity index (χ4n) is 2.19. The highest BCUT2D eigenvalue weighted by atomic mass is 16.5. The Balaban J connectivity index is 1.52. The van der Waals surface area contributed by atoms with Crippen LogP contribution in [0, 0.1) is 0 Å². The number of hydrogen-bond acceptors (Lipinski definition) is 5. The van der Waals surface area contributed by atoms with Crippen molar-refractivity contribution in [2.45, 2.75) is 6.42 Å². The maximum atomic E-state index is 5.23. The van der Waals surface area contributed by atoms with Crippen LogP contribution in [0.25, 0.3) is 12.2 Å². The van der Waals surface area contributed by atoms with Crippen LogP contribution in [-0.4, -0.2) is 23.8 Å². The average Bonchev–Trinajstić information content (AvgIpc) is 3.09. The predicted octanol–water partition coefficient (Wildman–Crippen LogP) is 3.90. The van der Waals surface area contributed by atoms with Gasteiger partial charge in [-0.25, -0.2) is 0 Å². The lowest BCUT2D eigenvalue weighted by atomic mass is 10.2. The van der Waals surface area contributed by atoms with Crippen LogP contribution >= 0.6 is 0 Å². The number of nitrogens with zero attached hydrogens (tertiary/aromatic N) is 2. The summed E-state index contributed by atoms with van der Waals surface area (Å²) in [6.45, 7) is 0.755. The molecule has 1 N–H and O–H groups in total. The normalized spacial score (nSPS) is 10.9. The number of hydrogen-bond donors (Lipinski definition) is 1. The molecule has 0 bridgehead atoms. The number of benzene rings is 2. The Labute approximate surface area is 141 Å². The fraction of sp³-hybridized carbons (Fsp3) is 0.158. The summed E-state index contributed by atoms with van der Waals surface area (Å²) in [5.41, 5.74) is 2.13. The van der Waals surface area contributed by atoms with E-state index < -0.39 is 0 Å². The molecule has 0 radical (unpaired) electrons. The van der Waals surface area contributed by atoms with Crippen LogP contribution in [0.1, 0.15) is 17.3 Å². The molecule has 0 saturated carbocycles. The molecule has 24 heavy (non-hydrogen) atoms. The zero-order valence-electron chi connectivity index (χ0n) is 13.5. The molecule has 0 aliphatic rings. The third kappa shape index (κ3) is 4.46. The van der Waals surface area contributed by atoms with Gasteiger partial charge in [0.1, 0.15) is 5.75 Å². The molecule has 0 aliphatic heterocycles. The highest BCUT2D eigenvalue weighted by Gasteiger charge is 2.03. The minimum atomic E-state index is 0.500. The van der Waals surface area contributed by atoms with E-state index in [1.165, 1.54) is 0 Å². The van der Waals surface area contributed by atoms with Crippen molar-refractivity contribution >= 4 is 17.8 Å². The Kier molecular flexibility index (Phi) is 5.24. The second kappa shape index (κ2) is 7.97. The highest BCUT2D eigenvalue weighted by molar-refractivity contribution is 5.66. The van der Waals surface area contributed by atoms with Crippen molar-refractivity contribution in [3.05, 3.63) is 71.9 Å². The number of nitrogens with one attached hydrogen (secondary N) is 1. The molecule has 0 amide bonds. The van der Waals surface area contributed by atoms with Gasteiger partial charge in [-0.2, -0.15) is 4.98 Å². The van der Waals surface area contributed by atoms with Crippen molar-refractivity contribution in [1.29, 1.82) is 0 Å². The Morgan fingerprint density at radius 2 is 1.83 bits per heavy atom. The minimum Gasteiger partial charge on any atom is -0.497 e. The van der Waals surface area contributed by atoms with Crippen LogP contribution in [0.2, 0.25) is 0 Å². The summed E-state index contributed by atoms with van der Waals surface area (Å²) in [4.78, 5) is 4.36. The van der Waals surface area contributed by atoms with Gasteiger partial charge in [0.15, 0.2) is 5.82 Å². The molecular weight excluding hydrogens is 302 g/mol. The number of anilines is 1. The summed E-state index contributed by atoms with van der Waals surface area (Å²) in [5.74, 6) is 2.02. The van der Waals surface area contributed by atoms with Crippen molar-refractivity contribution in [3.8, 4) is 5.75 Å². The van der Waals surface area contributed by atoms with Gasteiger partial charge in [-0.3, -0.25) is 0 Å². The number of methoxy groups -OCH3 is 1. The summed E-state index contributed by atoms with van der Waals surface area (Å²) in [6.07, 6.45) is 4.44. The molecule has 5 nitrogen and oxygen atoms in total. The van der Waals surface area contributed by atoms with E-state index in [9.17, 15) is 0 Å². The van der Waals surface area contributed by atoms with Gasteiger partial charge < -0.3 is 14.6 Å². The SMILES string of the molecule is COc1ccc(C=Cc2nc(CCNc3ccccc3)no2)cc1. The van der Waals surface area contributed by atoms with Crippen molar-refractivity contribution in [3.63, 3.8) is 0 Å². The zero-order chi connectivity index (χ0) is 16.6. The molecule has 0 saturated heterocycles. The summed E-state index contributed by atoms with van der Waals surface area (Å²) >= 11 is 0. The van der Waals surface area contributed by atoms with Gasteiger partial charge in [0.2, 0.25) is 0 Å². The van der Waals surface area contributed by atoms with Gasteiger partial charge in [0.05, 0.1) is 7.11 Å². The van der Waals surface area contributed by atoms with E-state index in [-0.39, 0.29) is 0 Å². The first kappa shape index (κ1) is 15.8. The number of rotatable bonds is 7. The molecule has 1 heterocycles. The zero-order valence-corrected chi connectivity index (χ0v) is 13.5. The first-order valence-electron chi connectivity index (χ1n) is 7.77. The van der Waals surface area contributed by atoms with Gasteiger partial charge in [-0.15, -0.1) is 0 Å². The molecule has 0 atom stereocenters.